The van der Waals surface area contributed by atoms with E-state index in [1.165, 1.54) is 12.1 Å². The average Bonchev–Trinajstić information content (AvgIpc) is 2.42. The van der Waals surface area contributed by atoms with Crippen molar-refractivity contribution < 1.29 is 23.9 Å². The van der Waals surface area contributed by atoms with Crippen LogP contribution in [-0.2, 0) is 9.59 Å². The molecular weight excluding hydrogens is 278 g/mol. The summed E-state index contributed by atoms with van der Waals surface area (Å²) >= 11 is 0. The molecule has 8 heteroatoms. The van der Waals surface area contributed by atoms with E-state index in [1.54, 1.807) is 12.1 Å². The molecule has 1 aliphatic heterocycles. The summed E-state index contributed by atoms with van der Waals surface area (Å²) in [7, 11) is 0. The van der Waals surface area contributed by atoms with Crippen molar-refractivity contribution in [3.8, 4) is 5.75 Å². The van der Waals surface area contributed by atoms with Crippen molar-refractivity contribution in [2.75, 3.05) is 0 Å². The van der Waals surface area contributed by atoms with Crippen LogP contribution in [0.4, 0.5) is 4.79 Å². The first-order chi connectivity index (χ1) is 9.97. The fraction of sp³-hybridized carbons (Fsp3) is 0.231. The maximum Gasteiger partial charge on any atom is 0.409 e. The predicted octanol–water partition coefficient (Wildman–Crippen LogP) is -0.321. The molecule has 0 aromatic heterocycles. The highest BCUT2D eigenvalue weighted by atomic mass is 16.5. The lowest BCUT2D eigenvalue weighted by atomic mass is 10.1. The summed E-state index contributed by atoms with van der Waals surface area (Å²) in [4.78, 5) is 45.5. The van der Waals surface area contributed by atoms with Crippen molar-refractivity contribution in [2.45, 2.75) is 18.9 Å². The third-order valence-electron chi connectivity index (χ3n) is 2.89. The molecule has 1 fully saturated rings. The van der Waals surface area contributed by atoms with E-state index < -0.39 is 23.9 Å². The van der Waals surface area contributed by atoms with E-state index in [2.05, 4.69) is 10.6 Å². The van der Waals surface area contributed by atoms with Gasteiger partial charge in [-0.05, 0) is 18.6 Å². The molecular formula is C13H13N3O5. The largest absolute Gasteiger partial charge is 0.410 e. The summed E-state index contributed by atoms with van der Waals surface area (Å²) in [5.74, 6) is -1.54. The first-order valence-corrected chi connectivity index (χ1v) is 6.18. The van der Waals surface area contributed by atoms with Gasteiger partial charge >= 0.3 is 6.09 Å². The van der Waals surface area contributed by atoms with E-state index >= 15 is 0 Å². The fourth-order valence-corrected chi connectivity index (χ4v) is 1.92. The minimum Gasteiger partial charge on any atom is -0.410 e. The maximum atomic E-state index is 12.1. The smallest absolute Gasteiger partial charge is 0.409 e. The van der Waals surface area contributed by atoms with Gasteiger partial charge in [0.25, 0.3) is 5.91 Å². The number of hydrogen-bond donors (Lipinski definition) is 3. The zero-order valence-corrected chi connectivity index (χ0v) is 10.9. The molecule has 1 aromatic rings. The van der Waals surface area contributed by atoms with Gasteiger partial charge in [-0.3, -0.25) is 19.7 Å². The number of benzene rings is 1. The van der Waals surface area contributed by atoms with Gasteiger partial charge < -0.3 is 15.8 Å². The summed E-state index contributed by atoms with van der Waals surface area (Å²) in [6.07, 6.45) is -0.679. The summed E-state index contributed by atoms with van der Waals surface area (Å²) in [5.41, 5.74) is 4.99. The Morgan fingerprint density at radius 2 is 2.00 bits per heavy atom. The average molecular weight is 291 g/mol. The summed E-state index contributed by atoms with van der Waals surface area (Å²) in [6, 6.07) is 5.18. The molecule has 2 rings (SSSR count). The van der Waals surface area contributed by atoms with Gasteiger partial charge in [0, 0.05) is 6.42 Å². The highest BCUT2D eigenvalue weighted by Crippen LogP contribution is 2.18. The number of hydrogen-bond acceptors (Lipinski definition) is 5. The van der Waals surface area contributed by atoms with Gasteiger partial charge in [-0.25, -0.2) is 4.79 Å². The lowest BCUT2D eigenvalue weighted by Gasteiger charge is -2.22. The van der Waals surface area contributed by atoms with Crippen LogP contribution in [0.25, 0.3) is 0 Å². The second-order valence-electron chi connectivity index (χ2n) is 4.39. The number of nitrogens with one attached hydrogen (secondary N) is 2. The van der Waals surface area contributed by atoms with E-state index in [1.807, 2.05) is 0 Å². The number of primary amides is 1. The Bertz CT molecular complexity index is 614. The maximum absolute atomic E-state index is 12.1. The van der Waals surface area contributed by atoms with E-state index in [9.17, 15) is 19.2 Å². The zero-order valence-electron chi connectivity index (χ0n) is 10.9. The number of carbonyl (C=O) groups excluding carboxylic acids is 4. The molecule has 1 atom stereocenters. The highest BCUT2D eigenvalue weighted by Gasteiger charge is 2.28. The quantitative estimate of drug-likeness (QED) is 0.657. The number of imide groups is 1. The van der Waals surface area contributed by atoms with Crippen molar-refractivity contribution in [3.05, 3.63) is 29.8 Å². The van der Waals surface area contributed by atoms with Crippen LogP contribution in [0, 0.1) is 0 Å². The lowest BCUT2D eigenvalue weighted by molar-refractivity contribution is -0.134. The standard InChI is InChI=1S/C13H13N3O5/c14-13(20)21-9-4-2-1-3-7(9)11(18)15-8-5-6-10(17)16-12(8)19/h1-4,8H,5-6H2,(H2,14,20)(H,15,18)(H,16,17,19). The molecule has 0 aliphatic carbocycles. The van der Waals surface area contributed by atoms with Crippen molar-refractivity contribution in [1.29, 1.82) is 0 Å². The Kier molecular flexibility index (Phi) is 4.17. The molecule has 4 N–H and O–H groups in total. The molecule has 0 radical (unpaired) electrons. The monoisotopic (exact) mass is 291 g/mol. The first kappa shape index (κ1) is 14.5. The molecule has 1 saturated heterocycles. The van der Waals surface area contributed by atoms with Gasteiger partial charge in [0.05, 0.1) is 5.56 Å². The molecule has 8 nitrogen and oxygen atoms in total. The Labute approximate surface area is 119 Å². The molecule has 0 bridgehead atoms. The minimum atomic E-state index is -1.05. The van der Waals surface area contributed by atoms with Crippen LogP contribution in [0.15, 0.2) is 24.3 Å². The highest BCUT2D eigenvalue weighted by molar-refractivity contribution is 6.04. The Morgan fingerprint density at radius 1 is 1.29 bits per heavy atom. The number of para-hydroxylation sites is 1. The van der Waals surface area contributed by atoms with E-state index in [-0.39, 0.29) is 30.1 Å². The number of ether oxygens (including phenoxy) is 1. The molecule has 4 amide bonds. The van der Waals surface area contributed by atoms with Gasteiger partial charge in [-0.2, -0.15) is 0 Å². The number of amides is 4. The summed E-state index contributed by atoms with van der Waals surface area (Å²) in [6.45, 7) is 0. The number of rotatable bonds is 3. The second kappa shape index (κ2) is 6.04. The van der Waals surface area contributed by atoms with Crippen LogP contribution in [0.2, 0.25) is 0 Å². The van der Waals surface area contributed by atoms with Crippen molar-refractivity contribution in [3.63, 3.8) is 0 Å². The van der Waals surface area contributed by atoms with Gasteiger partial charge in [0.1, 0.15) is 11.8 Å². The summed E-state index contributed by atoms with van der Waals surface area (Å²) in [5, 5.41) is 4.62. The van der Waals surface area contributed by atoms with Crippen molar-refractivity contribution in [2.24, 2.45) is 5.73 Å². The predicted molar refractivity (Wildman–Crippen MR) is 70.3 cm³/mol. The number of piperidine rings is 1. The van der Waals surface area contributed by atoms with Gasteiger partial charge in [0.15, 0.2) is 0 Å². The zero-order chi connectivity index (χ0) is 15.4. The molecule has 1 aliphatic rings. The van der Waals surface area contributed by atoms with Crippen LogP contribution in [-0.4, -0.2) is 29.9 Å². The molecule has 1 heterocycles. The van der Waals surface area contributed by atoms with Gasteiger partial charge in [0.2, 0.25) is 11.8 Å². The third-order valence-corrected chi connectivity index (χ3v) is 2.89. The van der Waals surface area contributed by atoms with Crippen molar-refractivity contribution >= 4 is 23.8 Å². The molecule has 110 valence electrons. The second-order valence-corrected chi connectivity index (χ2v) is 4.39. The molecule has 1 unspecified atom stereocenters. The van der Waals surface area contributed by atoms with E-state index in [0.717, 1.165) is 0 Å². The topological polar surface area (TPSA) is 128 Å². The normalized spacial score (nSPS) is 17.8. The Morgan fingerprint density at radius 3 is 2.67 bits per heavy atom. The lowest BCUT2D eigenvalue weighted by Crippen LogP contribution is -2.52. The van der Waals surface area contributed by atoms with Crippen LogP contribution >= 0.6 is 0 Å². The van der Waals surface area contributed by atoms with Crippen LogP contribution in [0.1, 0.15) is 23.2 Å². The SMILES string of the molecule is NC(=O)Oc1ccccc1C(=O)NC1CCC(=O)NC1=O. The molecule has 0 spiro atoms. The van der Waals surface area contributed by atoms with Crippen LogP contribution in [0.5, 0.6) is 5.75 Å². The third kappa shape index (κ3) is 3.56. The Hall–Kier alpha value is -2.90. The number of nitrogens with two attached hydrogens (primary N) is 1. The van der Waals surface area contributed by atoms with Gasteiger partial charge in [-0.15, -0.1) is 0 Å². The molecule has 0 saturated carbocycles. The van der Waals surface area contributed by atoms with E-state index in [4.69, 9.17) is 10.5 Å². The number of carbonyl (C=O) groups is 4. The first-order valence-electron chi connectivity index (χ1n) is 6.18. The Balaban J connectivity index is 2.12. The fourth-order valence-electron chi connectivity index (χ4n) is 1.92. The molecule has 1 aromatic carbocycles. The minimum absolute atomic E-state index is 0.00482. The summed E-state index contributed by atoms with van der Waals surface area (Å²) < 4.78 is 4.72. The van der Waals surface area contributed by atoms with Crippen LogP contribution in [0.3, 0.4) is 0 Å². The molecule has 21 heavy (non-hydrogen) atoms. The van der Waals surface area contributed by atoms with Crippen molar-refractivity contribution in [1.82, 2.24) is 10.6 Å². The van der Waals surface area contributed by atoms with E-state index in [0.29, 0.717) is 0 Å². The van der Waals surface area contributed by atoms with Crippen LogP contribution < -0.4 is 21.1 Å². The van der Waals surface area contributed by atoms with Gasteiger partial charge in [-0.1, -0.05) is 12.1 Å².